The van der Waals surface area contributed by atoms with Crippen molar-refractivity contribution in [3.8, 4) is 0 Å². The first-order valence-electron chi connectivity index (χ1n) is 10.3. The summed E-state index contributed by atoms with van der Waals surface area (Å²) in [6.45, 7) is 3.45. The molecule has 5 nitrogen and oxygen atoms in total. The lowest BCUT2D eigenvalue weighted by Gasteiger charge is -2.45. The van der Waals surface area contributed by atoms with Crippen LogP contribution in [0, 0.1) is 11.3 Å². The van der Waals surface area contributed by atoms with Crippen molar-refractivity contribution in [1.82, 2.24) is 15.3 Å². The summed E-state index contributed by atoms with van der Waals surface area (Å²) in [6, 6.07) is 1.01. The Hall–Kier alpha value is -1.20. The van der Waals surface area contributed by atoms with E-state index in [-0.39, 0.29) is 0 Å². The molecule has 1 aromatic rings. The van der Waals surface area contributed by atoms with Crippen molar-refractivity contribution < 1.29 is 0 Å². The van der Waals surface area contributed by atoms with E-state index in [1.165, 1.54) is 68.6 Å². The SMILES string of the molecule is NC1CCCCC12CCc1c(ncnc1N1C[C@H]3CCCN[C@H]3C1)C2. The first-order chi connectivity index (χ1) is 12.3. The highest BCUT2D eigenvalue weighted by atomic mass is 15.3. The summed E-state index contributed by atoms with van der Waals surface area (Å²) in [5.74, 6) is 2.02. The molecule has 0 radical (unpaired) electrons. The third-order valence-corrected chi connectivity index (χ3v) is 7.53. The molecule has 25 heavy (non-hydrogen) atoms. The van der Waals surface area contributed by atoms with Crippen molar-refractivity contribution in [3.63, 3.8) is 0 Å². The fourth-order valence-electron chi connectivity index (χ4n) is 6.00. The molecule has 2 aliphatic carbocycles. The summed E-state index contributed by atoms with van der Waals surface area (Å²) in [7, 11) is 0. The number of hydrogen-bond donors (Lipinski definition) is 2. The van der Waals surface area contributed by atoms with E-state index in [4.69, 9.17) is 15.7 Å². The zero-order chi connectivity index (χ0) is 16.9. The van der Waals surface area contributed by atoms with Gasteiger partial charge in [-0.15, -0.1) is 0 Å². The van der Waals surface area contributed by atoms with Gasteiger partial charge in [-0.3, -0.25) is 0 Å². The number of rotatable bonds is 1. The van der Waals surface area contributed by atoms with Gasteiger partial charge < -0.3 is 16.0 Å². The van der Waals surface area contributed by atoms with Gasteiger partial charge in [-0.05, 0) is 62.8 Å². The molecule has 0 aromatic carbocycles. The topological polar surface area (TPSA) is 67.1 Å². The molecule has 1 saturated carbocycles. The summed E-state index contributed by atoms with van der Waals surface area (Å²) in [5.41, 5.74) is 9.59. The highest BCUT2D eigenvalue weighted by Gasteiger charge is 2.43. The van der Waals surface area contributed by atoms with Gasteiger partial charge in [0.2, 0.25) is 0 Å². The minimum Gasteiger partial charge on any atom is -0.354 e. The van der Waals surface area contributed by atoms with Gasteiger partial charge in [0.25, 0.3) is 0 Å². The highest BCUT2D eigenvalue weighted by Crippen LogP contribution is 2.46. The molecule has 5 heteroatoms. The third kappa shape index (κ3) is 2.67. The number of hydrogen-bond acceptors (Lipinski definition) is 5. The van der Waals surface area contributed by atoms with E-state index in [9.17, 15) is 0 Å². The Labute approximate surface area is 150 Å². The molecule has 0 amide bonds. The number of nitrogens with one attached hydrogen (secondary N) is 1. The summed E-state index contributed by atoms with van der Waals surface area (Å²) < 4.78 is 0. The summed E-state index contributed by atoms with van der Waals surface area (Å²) in [6.07, 6.45) is 13.0. The maximum atomic E-state index is 6.58. The number of fused-ring (bicyclic) bond motifs is 2. The highest BCUT2D eigenvalue weighted by molar-refractivity contribution is 5.51. The van der Waals surface area contributed by atoms with Gasteiger partial charge in [-0.2, -0.15) is 0 Å². The second kappa shape index (κ2) is 6.20. The molecule has 3 heterocycles. The normalized spacial score (nSPS) is 37.8. The minimum absolute atomic E-state index is 0.303. The van der Waals surface area contributed by atoms with Gasteiger partial charge in [0, 0.05) is 36.4 Å². The predicted octanol–water partition coefficient (Wildman–Crippen LogP) is 2.04. The second-order valence-electron chi connectivity index (χ2n) is 8.88. The van der Waals surface area contributed by atoms with Crippen LogP contribution in [0.25, 0.3) is 0 Å². The predicted molar refractivity (Wildman–Crippen MR) is 99.7 cm³/mol. The Morgan fingerprint density at radius 1 is 1.12 bits per heavy atom. The number of nitrogens with two attached hydrogens (primary N) is 1. The molecule has 1 spiro atoms. The molecule has 5 rings (SSSR count). The molecule has 2 saturated heterocycles. The smallest absolute Gasteiger partial charge is 0.135 e. The van der Waals surface area contributed by atoms with E-state index < -0.39 is 0 Å². The number of nitrogens with zero attached hydrogens (tertiary/aromatic N) is 3. The van der Waals surface area contributed by atoms with Crippen molar-refractivity contribution >= 4 is 5.82 Å². The Morgan fingerprint density at radius 3 is 2.96 bits per heavy atom. The summed E-state index contributed by atoms with van der Waals surface area (Å²) >= 11 is 0. The Kier molecular flexibility index (Phi) is 3.97. The van der Waals surface area contributed by atoms with Crippen LogP contribution < -0.4 is 16.0 Å². The molecular formula is C20H31N5. The van der Waals surface area contributed by atoms with E-state index in [0.717, 1.165) is 31.8 Å². The van der Waals surface area contributed by atoms with Gasteiger partial charge in [-0.1, -0.05) is 12.8 Å². The second-order valence-corrected chi connectivity index (χ2v) is 8.88. The van der Waals surface area contributed by atoms with Crippen LogP contribution in [0.2, 0.25) is 0 Å². The van der Waals surface area contributed by atoms with Crippen LogP contribution in [0.5, 0.6) is 0 Å². The monoisotopic (exact) mass is 341 g/mol. The number of piperidine rings is 1. The van der Waals surface area contributed by atoms with E-state index in [1.807, 2.05) is 0 Å². The average molecular weight is 342 g/mol. The molecule has 3 fully saturated rings. The van der Waals surface area contributed by atoms with Crippen molar-refractivity contribution in [1.29, 1.82) is 0 Å². The fourth-order valence-corrected chi connectivity index (χ4v) is 6.00. The standard InChI is InChI=1S/C20H31N5/c21-18-5-1-2-7-20(18)8-6-15-16(10-20)23-13-24-19(15)25-11-14-4-3-9-22-17(14)12-25/h13-14,17-18,22H,1-12,21H2/t14-,17+,18?,20?/m1/s1. The van der Waals surface area contributed by atoms with E-state index in [0.29, 0.717) is 17.5 Å². The van der Waals surface area contributed by atoms with Crippen LogP contribution >= 0.6 is 0 Å². The van der Waals surface area contributed by atoms with Crippen LogP contribution in [0.15, 0.2) is 6.33 Å². The molecule has 0 bridgehead atoms. The molecule has 2 unspecified atom stereocenters. The van der Waals surface area contributed by atoms with Crippen molar-refractivity contribution in [3.05, 3.63) is 17.6 Å². The Bertz CT molecular complexity index is 633. The Morgan fingerprint density at radius 2 is 2.08 bits per heavy atom. The largest absolute Gasteiger partial charge is 0.354 e. The maximum Gasteiger partial charge on any atom is 0.135 e. The van der Waals surface area contributed by atoms with Gasteiger partial charge in [-0.25, -0.2) is 9.97 Å². The lowest BCUT2D eigenvalue weighted by atomic mass is 9.62. The van der Waals surface area contributed by atoms with E-state index >= 15 is 0 Å². The van der Waals surface area contributed by atoms with Crippen LogP contribution in [-0.4, -0.2) is 41.7 Å². The molecule has 1 aromatic heterocycles. The fraction of sp³-hybridized carbons (Fsp3) is 0.800. The zero-order valence-electron chi connectivity index (χ0n) is 15.2. The van der Waals surface area contributed by atoms with Crippen LogP contribution in [0.1, 0.15) is 56.2 Å². The van der Waals surface area contributed by atoms with E-state index in [2.05, 4.69) is 10.2 Å². The average Bonchev–Trinajstić information content (AvgIpc) is 3.07. The molecule has 3 N–H and O–H groups in total. The van der Waals surface area contributed by atoms with Crippen LogP contribution in [-0.2, 0) is 12.8 Å². The van der Waals surface area contributed by atoms with Crippen molar-refractivity contribution in [2.24, 2.45) is 17.1 Å². The summed E-state index contributed by atoms with van der Waals surface area (Å²) in [4.78, 5) is 12.0. The van der Waals surface area contributed by atoms with E-state index in [1.54, 1.807) is 6.33 Å². The minimum atomic E-state index is 0.303. The molecule has 4 aliphatic rings. The van der Waals surface area contributed by atoms with Gasteiger partial charge in [0.15, 0.2) is 0 Å². The van der Waals surface area contributed by atoms with Crippen LogP contribution in [0.3, 0.4) is 0 Å². The lowest BCUT2D eigenvalue weighted by molar-refractivity contribution is 0.127. The number of anilines is 1. The molecule has 136 valence electrons. The lowest BCUT2D eigenvalue weighted by Crippen LogP contribution is -2.48. The molecule has 2 aliphatic heterocycles. The van der Waals surface area contributed by atoms with Crippen molar-refractivity contribution in [2.75, 3.05) is 24.5 Å². The van der Waals surface area contributed by atoms with Gasteiger partial charge >= 0.3 is 0 Å². The molecular weight excluding hydrogens is 310 g/mol. The van der Waals surface area contributed by atoms with Gasteiger partial charge in [0.05, 0.1) is 0 Å². The molecule has 4 atom stereocenters. The first kappa shape index (κ1) is 16.0. The summed E-state index contributed by atoms with van der Waals surface area (Å²) in [5, 5.41) is 3.71. The maximum absolute atomic E-state index is 6.58. The van der Waals surface area contributed by atoms with Gasteiger partial charge in [0.1, 0.15) is 12.1 Å². The number of aromatic nitrogens is 2. The van der Waals surface area contributed by atoms with Crippen LogP contribution in [0.4, 0.5) is 5.82 Å². The zero-order valence-corrected chi connectivity index (χ0v) is 15.2. The third-order valence-electron chi connectivity index (χ3n) is 7.53. The first-order valence-corrected chi connectivity index (χ1v) is 10.3. The quantitative estimate of drug-likeness (QED) is 0.818. The van der Waals surface area contributed by atoms with Crippen molar-refractivity contribution in [2.45, 2.75) is 69.9 Å². The Balaban J connectivity index is 1.41.